The van der Waals surface area contributed by atoms with Crippen LogP contribution in [0.2, 0.25) is 0 Å². The van der Waals surface area contributed by atoms with Gasteiger partial charge in [0, 0.05) is 6.20 Å². The number of H-pyrrole nitrogens is 1. The van der Waals surface area contributed by atoms with E-state index in [2.05, 4.69) is 15.4 Å². The Morgan fingerprint density at radius 3 is 2.45 bits per heavy atom. The van der Waals surface area contributed by atoms with Crippen molar-refractivity contribution in [1.82, 2.24) is 15.4 Å². The number of hydrogen-bond donors (Lipinski definition) is 3. The van der Waals surface area contributed by atoms with E-state index in [1.54, 1.807) is 12.4 Å². The molecule has 1 rings (SSSR count). The minimum atomic E-state index is -0.963. The van der Waals surface area contributed by atoms with Gasteiger partial charge in [-0.2, -0.15) is 0 Å². The Labute approximate surface area is 63.4 Å². The highest BCUT2D eigenvalue weighted by Crippen LogP contribution is 1.68. The van der Waals surface area contributed by atoms with Gasteiger partial charge in [0.1, 0.15) is 6.04 Å². The van der Waals surface area contributed by atoms with Crippen LogP contribution in [0.1, 0.15) is 6.92 Å². The lowest BCUT2D eigenvalue weighted by molar-refractivity contribution is -0.138. The summed E-state index contributed by atoms with van der Waals surface area (Å²) in [5, 5.41) is 17.1. The number of carbonyl (C=O) groups is 1. The molecule has 0 unspecified atom stereocenters. The number of aromatic amines is 1. The molecular weight excluding hydrogens is 148 g/mol. The van der Waals surface area contributed by atoms with E-state index >= 15 is 0 Å². The zero-order valence-corrected chi connectivity index (χ0v) is 6.06. The second kappa shape index (κ2) is 5.36. The summed E-state index contributed by atoms with van der Waals surface area (Å²) >= 11 is 0. The van der Waals surface area contributed by atoms with E-state index in [1.807, 2.05) is 0 Å². The predicted molar refractivity (Wildman–Crippen MR) is 37.7 cm³/mol. The third kappa shape index (κ3) is 6.46. The molecule has 0 saturated heterocycles. The van der Waals surface area contributed by atoms with Crippen LogP contribution >= 0.6 is 0 Å². The lowest BCUT2D eigenvalue weighted by Crippen LogP contribution is -2.25. The Balaban J connectivity index is 0.000000183. The lowest BCUT2D eigenvalue weighted by atomic mass is 10.4. The fourth-order valence-electron chi connectivity index (χ4n) is 0.167. The van der Waals surface area contributed by atoms with Crippen LogP contribution in [0, 0.1) is 0 Å². The van der Waals surface area contributed by atoms with Gasteiger partial charge in [0.25, 0.3) is 0 Å². The van der Waals surface area contributed by atoms with Crippen LogP contribution < -0.4 is 5.73 Å². The summed E-state index contributed by atoms with van der Waals surface area (Å²) in [5.74, 6) is -0.963. The first-order chi connectivity index (χ1) is 5.14. The highest BCUT2D eigenvalue weighted by atomic mass is 16.4. The minimum absolute atomic E-state index is 0.731. The molecule has 1 aromatic rings. The van der Waals surface area contributed by atoms with Crippen molar-refractivity contribution in [2.45, 2.75) is 13.0 Å². The van der Waals surface area contributed by atoms with E-state index in [1.165, 1.54) is 6.92 Å². The maximum Gasteiger partial charge on any atom is 0.320 e. The monoisotopic (exact) mass is 158 g/mol. The SMILES string of the molecule is C[C@@H](N)C(=O)O.c1c[nH]nn1. The van der Waals surface area contributed by atoms with Crippen LogP contribution in [-0.2, 0) is 4.79 Å². The Kier molecular flexibility index (Phi) is 4.67. The van der Waals surface area contributed by atoms with Crippen molar-refractivity contribution in [1.29, 1.82) is 0 Å². The largest absolute Gasteiger partial charge is 0.480 e. The summed E-state index contributed by atoms with van der Waals surface area (Å²) in [5.41, 5.74) is 4.84. The molecule has 4 N–H and O–H groups in total. The Morgan fingerprint density at radius 2 is 2.36 bits per heavy atom. The van der Waals surface area contributed by atoms with Crippen LogP contribution in [0.3, 0.4) is 0 Å². The van der Waals surface area contributed by atoms with Crippen LogP contribution in [0.15, 0.2) is 12.4 Å². The van der Waals surface area contributed by atoms with Crippen molar-refractivity contribution in [2.24, 2.45) is 5.73 Å². The van der Waals surface area contributed by atoms with Gasteiger partial charge in [-0.3, -0.25) is 9.89 Å². The molecule has 0 aliphatic carbocycles. The van der Waals surface area contributed by atoms with Crippen LogP contribution in [-0.4, -0.2) is 32.5 Å². The zero-order chi connectivity index (χ0) is 8.69. The molecular formula is C5H10N4O2. The molecule has 1 heterocycles. The number of nitrogens with zero attached hydrogens (tertiary/aromatic N) is 2. The average molecular weight is 158 g/mol. The highest BCUT2D eigenvalue weighted by Gasteiger charge is 1.99. The molecule has 0 aliphatic heterocycles. The van der Waals surface area contributed by atoms with E-state index in [9.17, 15) is 4.79 Å². The van der Waals surface area contributed by atoms with Gasteiger partial charge in [-0.25, -0.2) is 0 Å². The van der Waals surface area contributed by atoms with E-state index in [-0.39, 0.29) is 0 Å². The summed E-state index contributed by atoms with van der Waals surface area (Å²) in [6, 6.07) is -0.731. The van der Waals surface area contributed by atoms with Crippen LogP contribution in [0.4, 0.5) is 0 Å². The van der Waals surface area contributed by atoms with Gasteiger partial charge in [-0.1, -0.05) is 5.21 Å². The zero-order valence-electron chi connectivity index (χ0n) is 6.06. The van der Waals surface area contributed by atoms with E-state index in [4.69, 9.17) is 10.8 Å². The molecule has 0 aromatic carbocycles. The normalized spacial score (nSPS) is 11.1. The summed E-state index contributed by atoms with van der Waals surface area (Å²) in [6.45, 7) is 1.42. The van der Waals surface area contributed by atoms with Crippen LogP contribution in [0.5, 0.6) is 0 Å². The van der Waals surface area contributed by atoms with E-state index in [0.29, 0.717) is 0 Å². The molecule has 0 spiro atoms. The van der Waals surface area contributed by atoms with Gasteiger partial charge < -0.3 is 10.8 Å². The van der Waals surface area contributed by atoms with Crippen molar-refractivity contribution in [3.63, 3.8) is 0 Å². The van der Waals surface area contributed by atoms with Crippen LogP contribution in [0.25, 0.3) is 0 Å². The van der Waals surface area contributed by atoms with Gasteiger partial charge in [-0.15, -0.1) is 5.10 Å². The number of aliphatic carboxylic acids is 1. The van der Waals surface area contributed by atoms with Crippen molar-refractivity contribution in [2.75, 3.05) is 0 Å². The first kappa shape index (κ1) is 9.57. The van der Waals surface area contributed by atoms with Gasteiger partial charge in [0.2, 0.25) is 0 Å². The molecule has 0 saturated carbocycles. The Morgan fingerprint density at radius 1 is 1.82 bits per heavy atom. The molecule has 0 aliphatic rings. The van der Waals surface area contributed by atoms with Crippen molar-refractivity contribution < 1.29 is 9.90 Å². The summed E-state index contributed by atoms with van der Waals surface area (Å²) in [4.78, 5) is 9.57. The molecule has 62 valence electrons. The fourth-order valence-corrected chi connectivity index (χ4v) is 0.167. The number of carboxylic acids is 1. The molecule has 1 atom stereocenters. The van der Waals surface area contributed by atoms with Gasteiger partial charge in [0.15, 0.2) is 0 Å². The molecule has 6 heteroatoms. The highest BCUT2D eigenvalue weighted by molar-refractivity contribution is 5.72. The molecule has 6 nitrogen and oxygen atoms in total. The maximum atomic E-state index is 9.57. The lowest BCUT2D eigenvalue weighted by Gasteiger charge is -1.90. The first-order valence-electron chi connectivity index (χ1n) is 2.93. The van der Waals surface area contributed by atoms with Gasteiger partial charge in [0.05, 0.1) is 6.20 Å². The van der Waals surface area contributed by atoms with Crippen molar-refractivity contribution >= 4 is 5.97 Å². The summed E-state index contributed by atoms with van der Waals surface area (Å²) in [7, 11) is 0. The Bertz CT molecular complexity index is 167. The maximum absolute atomic E-state index is 9.57. The predicted octanol–water partition coefficient (Wildman–Crippen LogP) is -0.777. The summed E-state index contributed by atoms with van der Waals surface area (Å²) in [6.07, 6.45) is 3.24. The number of hydrogen-bond acceptors (Lipinski definition) is 4. The van der Waals surface area contributed by atoms with E-state index in [0.717, 1.165) is 0 Å². The Hall–Kier alpha value is -1.43. The second-order valence-corrected chi connectivity index (χ2v) is 1.79. The quantitative estimate of drug-likeness (QED) is 0.497. The molecule has 1 aromatic heterocycles. The number of nitrogens with two attached hydrogens (primary N) is 1. The summed E-state index contributed by atoms with van der Waals surface area (Å²) < 4.78 is 0. The molecule has 0 amide bonds. The molecule has 0 radical (unpaired) electrons. The van der Waals surface area contributed by atoms with Gasteiger partial charge >= 0.3 is 5.97 Å². The average Bonchev–Trinajstić information content (AvgIpc) is 2.41. The number of rotatable bonds is 1. The number of nitrogens with one attached hydrogen (secondary N) is 1. The first-order valence-corrected chi connectivity index (χ1v) is 2.93. The molecule has 11 heavy (non-hydrogen) atoms. The third-order valence-electron chi connectivity index (χ3n) is 0.721. The number of carboxylic acid groups (broad SMARTS) is 1. The third-order valence-corrected chi connectivity index (χ3v) is 0.721. The van der Waals surface area contributed by atoms with E-state index < -0.39 is 12.0 Å². The second-order valence-electron chi connectivity index (χ2n) is 1.79. The van der Waals surface area contributed by atoms with Crippen molar-refractivity contribution in [3.8, 4) is 0 Å². The van der Waals surface area contributed by atoms with Crippen molar-refractivity contribution in [3.05, 3.63) is 12.4 Å². The topological polar surface area (TPSA) is 105 Å². The standard InChI is InChI=1S/C3H7NO2.C2H3N3/c1-2(4)3(5)6;1-2-4-5-3-1/h2H,4H2,1H3,(H,5,6);1-2H,(H,3,4,5)/t2-;/m1./s1. The van der Waals surface area contributed by atoms with Gasteiger partial charge in [-0.05, 0) is 6.92 Å². The minimum Gasteiger partial charge on any atom is -0.480 e. The fraction of sp³-hybridized carbons (Fsp3) is 0.400. The smallest absolute Gasteiger partial charge is 0.320 e. The molecule has 0 fully saturated rings. The molecule has 0 bridgehead atoms. The number of aromatic nitrogens is 3.